The smallest absolute Gasteiger partial charge is 0.255 e. The van der Waals surface area contributed by atoms with Crippen molar-refractivity contribution in [2.75, 3.05) is 11.4 Å². The molecule has 18 heavy (non-hydrogen) atoms. The van der Waals surface area contributed by atoms with E-state index in [1.54, 1.807) is 4.52 Å². The minimum atomic E-state index is 0.521. The molecule has 1 aliphatic carbocycles. The third-order valence-electron chi connectivity index (χ3n) is 3.30. The molecule has 1 saturated carbocycles. The Morgan fingerprint density at radius 1 is 1.50 bits per heavy atom. The first-order valence-corrected chi connectivity index (χ1v) is 6.72. The van der Waals surface area contributed by atoms with E-state index in [2.05, 4.69) is 26.9 Å². The maximum atomic E-state index is 6.20. The molecule has 2 heterocycles. The fourth-order valence-corrected chi connectivity index (χ4v) is 2.47. The van der Waals surface area contributed by atoms with Crippen LogP contribution in [0.1, 0.15) is 31.7 Å². The fraction of sp³-hybridized carbons (Fsp3) is 0.583. The van der Waals surface area contributed by atoms with Gasteiger partial charge in [-0.25, -0.2) is 0 Å². The first-order chi connectivity index (χ1) is 8.72. The molecule has 5 nitrogen and oxygen atoms in total. The minimum Gasteiger partial charge on any atom is -0.353 e. The van der Waals surface area contributed by atoms with E-state index < -0.39 is 0 Å². The summed E-state index contributed by atoms with van der Waals surface area (Å²) in [5.41, 5.74) is 0.981. The van der Waals surface area contributed by atoms with Gasteiger partial charge in [-0.1, -0.05) is 18.5 Å². The van der Waals surface area contributed by atoms with Gasteiger partial charge >= 0.3 is 0 Å². The summed E-state index contributed by atoms with van der Waals surface area (Å²) >= 11 is 6.20. The van der Waals surface area contributed by atoms with Crippen molar-refractivity contribution >= 4 is 23.2 Å². The highest BCUT2D eigenvalue weighted by atomic mass is 35.5. The molecule has 3 rings (SSSR count). The van der Waals surface area contributed by atoms with Crippen LogP contribution in [0.4, 0.5) is 5.82 Å². The van der Waals surface area contributed by atoms with Gasteiger partial charge in [0, 0.05) is 18.2 Å². The second-order valence-corrected chi connectivity index (χ2v) is 5.11. The van der Waals surface area contributed by atoms with Crippen LogP contribution in [0, 0.1) is 6.92 Å². The predicted molar refractivity (Wildman–Crippen MR) is 71.2 cm³/mol. The first-order valence-electron chi connectivity index (χ1n) is 6.35. The SMILES string of the molecule is CCCN(c1c(C)c(Cl)nc2ncnn12)C1CC1. The summed E-state index contributed by atoms with van der Waals surface area (Å²) in [7, 11) is 0. The Labute approximate surface area is 111 Å². The molecule has 0 unspecified atom stereocenters. The maximum Gasteiger partial charge on any atom is 0.255 e. The van der Waals surface area contributed by atoms with Gasteiger partial charge in [0.2, 0.25) is 0 Å². The van der Waals surface area contributed by atoms with Crippen molar-refractivity contribution in [3.63, 3.8) is 0 Å². The number of halogens is 1. The van der Waals surface area contributed by atoms with Crippen molar-refractivity contribution in [1.82, 2.24) is 19.6 Å². The van der Waals surface area contributed by atoms with Crippen LogP contribution >= 0.6 is 11.6 Å². The Morgan fingerprint density at radius 3 is 2.94 bits per heavy atom. The second kappa shape index (κ2) is 4.39. The lowest BCUT2D eigenvalue weighted by Gasteiger charge is -2.26. The molecule has 0 amide bonds. The molecule has 2 aromatic rings. The molecular formula is C12H16ClN5. The van der Waals surface area contributed by atoms with Gasteiger partial charge in [-0.2, -0.15) is 19.6 Å². The quantitative estimate of drug-likeness (QED) is 0.797. The fourth-order valence-electron chi connectivity index (χ4n) is 2.31. The van der Waals surface area contributed by atoms with Gasteiger partial charge in [-0.3, -0.25) is 0 Å². The predicted octanol–water partition coefficient (Wildman–Crippen LogP) is 2.46. The highest BCUT2D eigenvalue weighted by Crippen LogP contribution is 2.35. The average Bonchev–Trinajstić information content (AvgIpc) is 3.09. The second-order valence-electron chi connectivity index (χ2n) is 4.75. The Hall–Kier alpha value is -1.36. The number of rotatable bonds is 4. The molecule has 0 spiro atoms. The standard InChI is InChI=1S/C12H16ClN5/c1-3-6-17(9-4-5-9)11-8(2)10(13)16-12-14-7-15-18(11)12/h7,9H,3-6H2,1-2H3. The van der Waals surface area contributed by atoms with Gasteiger partial charge in [-0.05, 0) is 26.2 Å². The summed E-state index contributed by atoms with van der Waals surface area (Å²) in [6.07, 6.45) is 5.12. The highest BCUT2D eigenvalue weighted by molar-refractivity contribution is 6.30. The van der Waals surface area contributed by atoms with Gasteiger partial charge in [-0.15, -0.1) is 0 Å². The summed E-state index contributed by atoms with van der Waals surface area (Å²) in [5, 5.41) is 4.80. The van der Waals surface area contributed by atoms with Gasteiger partial charge in [0.05, 0.1) is 0 Å². The molecule has 0 bridgehead atoms. The van der Waals surface area contributed by atoms with E-state index in [4.69, 9.17) is 11.6 Å². The Bertz CT molecular complexity index is 575. The molecule has 1 fully saturated rings. The van der Waals surface area contributed by atoms with E-state index >= 15 is 0 Å². The Morgan fingerprint density at radius 2 is 2.28 bits per heavy atom. The maximum absolute atomic E-state index is 6.20. The van der Waals surface area contributed by atoms with Crippen LogP contribution in [0.2, 0.25) is 5.15 Å². The number of anilines is 1. The molecule has 0 saturated heterocycles. The summed E-state index contributed by atoms with van der Waals surface area (Å²) in [6.45, 7) is 5.20. The highest BCUT2D eigenvalue weighted by Gasteiger charge is 2.32. The minimum absolute atomic E-state index is 0.521. The van der Waals surface area contributed by atoms with Crippen molar-refractivity contribution in [2.45, 2.75) is 39.2 Å². The largest absolute Gasteiger partial charge is 0.353 e. The van der Waals surface area contributed by atoms with Crippen molar-refractivity contribution in [2.24, 2.45) is 0 Å². The summed E-state index contributed by atoms with van der Waals surface area (Å²) in [6, 6.07) is 0.620. The number of fused-ring (bicyclic) bond motifs is 1. The molecule has 2 aromatic heterocycles. The van der Waals surface area contributed by atoms with E-state index in [0.717, 1.165) is 24.3 Å². The van der Waals surface area contributed by atoms with Crippen molar-refractivity contribution in [1.29, 1.82) is 0 Å². The van der Waals surface area contributed by atoms with Crippen LogP contribution in [0.5, 0.6) is 0 Å². The van der Waals surface area contributed by atoms with Gasteiger partial charge in [0.15, 0.2) is 0 Å². The molecule has 1 aliphatic rings. The summed E-state index contributed by atoms with van der Waals surface area (Å²) in [4.78, 5) is 10.8. The van der Waals surface area contributed by atoms with Crippen LogP contribution in [0.25, 0.3) is 5.78 Å². The molecule has 0 aromatic carbocycles. The zero-order chi connectivity index (χ0) is 12.7. The lowest BCUT2D eigenvalue weighted by molar-refractivity contribution is 0.723. The molecule has 0 N–H and O–H groups in total. The molecule has 0 radical (unpaired) electrons. The third kappa shape index (κ3) is 1.82. The lowest BCUT2D eigenvalue weighted by Crippen LogP contribution is -2.29. The molecule has 96 valence electrons. The van der Waals surface area contributed by atoms with E-state index in [9.17, 15) is 0 Å². The van der Waals surface area contributed by atoms with Crippen LogP contribution in [-0.2, 0) is 0 Å². The van der Waals surface area contributed by atoms with Crippen molar-refractivity contribution in [3.05, 3.63) is 17.0 Å². The molecule has 0 atom stereocenters. The Kier molecular flexibility index (Phi) is 2.86. The van der Waals surface area contributed by atoms with E-state index in [1.807, 2.05) is 6.92 Å². The molecule has 0 aliphatic heterocycles. The van der Waals surface area contributed by atoms with Crippen LogP contribution in [0.3, 0.4) is 0 Å². The first kappa shape index (κ1) is 11.7. The van der Waals surface area contributed by atoms with Crippen LogP contribution in [-0.4, -0.2) is 32.2 Å². The Balaban J connectivity index is 2.18. The zero-order valence-electron chi connectivity index (χ0n) is 10.6. The zero-order valence-corrected chi connectivity index (χ0v) is 11.4. The molecule has 6 heteroatoms. The van der Waals surface area contributed by atoms with Gasteiger partial charge in [0.1, 0.15) is 17.3 Å². The van der Waals surface area contributed by atoms with Gasteiger partial charge < -0.3 is 4.90 Å². The topological polar surface area (TPSA) is 46.3 Å². The van der Waals surface area contributed by atoms with E-state index in [-0.39, 0.29) is 0 Å². The number of hydrogen-bond acceptors (Lipinski definition) is 4. The normalized spacial score (nSPS) is 15.3. The summed E-state index contributed by atoms with van der Waals surface area (Å²) in [5.74, 6) is 1.62. The van der Waals surface area contributed by atoms with E-state index in [1.165, 1.54) is 19.2 Å². The average molecular weight is 266 g/mol. The number of aromatic nitrogens is 4. The van der Waals surface area contributed by atoms with Crippen molar-refractivity contribution < 1.29 is 0 Å². The van der Waals surface area contributed by atoms with Crippen LogP contribution < -0.4 is 4.90 Å². The van der Waals surface area contributed by atoms with Gasteiger partial charge in [0.25, 0.3) is 5.78 Å². The summed E-state index contributed by atoms with van der Waals surface area (Å²) < 4.78 is 1.80. The number of nitrogens with zero attached hydrogens (tertiary/aromatic N) is 5. The van der Waals surface area contributed by atoms with Crippen molar-refractivity contribution in [3.8, 4) is 0 Å². The lowest BCUT2D eigenvalue weighted by atomic mass is 10.3. The third-order valence-corrected chi connectivity index (χ3v) is 3.67. The van der Waals surface area contributed by atoms with Crippen LogP contribution in [0.15, 0.2) is 6.33 Å². The number of hydrogen-bond donors (Lipinski definition) is 0. The molecular weight excluding hydrogens is 250 g/mol. The van der Waals surface area contributed by atoms with E-state index in [0.29, 0.717) is 17.0 Å². The monoisotopic (exact) mass is 265 g/mol.